The van der Waals surface area contributed by atoms with E-state index in [4.69, 9.17) is 14.3 Å². The van der Waals surface area contributed by atoms with E-state index in [9.17, 15) is 4.79 Å². The van der Waals surface area contributed by atoms with Crippen molar-refractivity contribution in [2.45, 2.75) is 26.4 Å². The molecule has 0 aliphatic heterocycles. The SMILES string of the molecule is CCOc1cccc2cc(C(C)NCc3cccc(C(=O)O)c3)oc12. The number of hydrogen-bond acceptors (Lipinski definition) is 4. The number of carbonyl (C=O) groups is 1. The minimum absolute atomic E-state index is 0.0182. The molecule has 3 rings (SSSR count). The van der Waals surface area contributed by atoms with Gasteiger partial charge in [-0.15, -0.1) is 0 Å². The summed E-state index contributed by atoms with van der Waals surface area (Å²) in [6, 6.07) is 14.7. The highest BCUT2D eigenvalue weighted by atomic mass is 16.5. The first-order valence-electron chi connectivity index (χ1n) is 8.29. The van der Waals surface area contributed by atoms with Gasteiger partial charge in [-0.05, 0) is 43.7 Å². The van der Waals surface area contributed by atoms with Gasteiger partial charge < -0.3 is 19.6 Å². The summed E-state index contributed by atoms with van der Waals surface area (Å²) < 4.78 is 11.6. The van der Waals surface area contributed by atoms with Crippen molar-refractivity contribution < 1.29 is 19.1 Å². The van der Waals surface area contributed by atoms with Gasteiger partial charge in [-0.25, -0.2) is 4.79 Å². The molecule has 130 valence electrons. The van der Waals surface area contributed by atoms with E-state index < -0.39 is 5.97 Å². The summed E-state index contributed by atoms with van der Waals surface area (Å²) >= 11 is 0. The van der Waals surface area contributed by atoms with E-state index in [0.717, 1.165) is 28.0 Å². The lowest BCUT2D eigenvalue weighted by molar-refractivity contribution is 0.0696. The smallest absolute Gasteiger partial charge is 0.335 e. The number of carboxylic acids is 1. The molecule has 1 atom stereocenters. The second-order valence-electron chi connectivity index (χ2n) is 5.86. The number of fused-ring (bicyclic) bond motifs is 1. The maximum absolute atomic E-state index is 11.1. The molecule has 0 bridgehead atoms. The molecule has 2 N–H and O–H groups in total. The predicted molar refractivity (Wildman–Crippen MR) is 96.0 cm³/mol. The van der Waals surface area contributed by atoms with Crippen LogP contribution in [0.25, 0.3) is 11.0 Å². The maximum Gasteiger partial charge on any atom is 0.335 e. The lowest BCUT2D eigenvalue weighted by Crippen LogP contribution is -2.17. The summed E-state index contributed by atoms with van der Waals surface area (Å²) in [7, 11) is 0. The van der Waals surface area contributed by atoms with Crippen LogP contribution in [0.1, 0.15) is 41.6 Å². The number of furan rings is 1. The molecule has 2 aromatic carbocycles. The molecule has 0 radical (unpaired) electrons. The Morgan fingerprint density at radius 1 is 1.24 bits per heavy atom. The molecular weight excluding hydrogens is 318 g/mol. The lowest BCUT2D eigenvalue weighted by atomic mass is 10.1. The molecule has 1 heterocycles. The molecule has 5 nitrogen and oxygen atoms in total. The summed E-state index contributed by atoms with van der Waals surface area (Å²) in [6.07, 6.45) is 0. The van der Waals surface area contributed by atoms with Gasteiger partial charge in [0.2, 0.25) is 0 Å². The summed E-state index contributed by atoms with van der Waals surface area (Å²) in [6.45, 7) is 5.09. The Morgan fingerprint density at radius 3 is 2.80 bits per heavy atom. The van der Waals surface area contributed by atoms with Crippen molar-refractivity contribution in [3.05, 3.63) is 65.4 Å². The highest BCUT2D eigenvalue weighted by Crippen LogP contribution is 2.31. The third-order valence-electron chi connectivity index (χ3n) is 4.04. The van der Waals surface area contributed by atoms with E-state index in [-0.39, 0.29) is 11.6 Å². The van der Waals surface area contributed by atoms with Crippen LogP contribution in [0.15, 0.2) is 52.9 Å². The largest absolute Gasteiger partial charge is 0.490 e. The van der Waals surface area contributed by atoms with Gasteiger partial charge in [0.1, 0.15) is 5.76 Å². The molecule has 1 aromatic heterocycles. The lowest BCUT2D eigenvalue weighted by Gasteiger charge is -2.11. The van der Waals surface area contributed by atoms with Crippen molar-refractivity contribution in [1.29, 1.82) is 0 Å². The summed E-state index contributed by atoms with van der Waals surface area (Å²) in [5, 5.41) is 13.4. The molecule has 1 unspecified atom stereocenters. The van der Waals surface area contributed by atoms with E-state index in [1.165, 1.54) is 0 Å². The quantitative estimate of drug-likeness (QED) is 0.668. The standard InChI is InChI=1S/C20H21NO4/c1-3-24-17-9-5-7-15-11-18(25-19(15)17)13(2)21-12-14-6-4-8-16(10-14)20(22)23/h4-11,13,21H,3,12H2,1-2H3,(H,22,23). The highest BCUT2D eigenvalue weighted by Gasteiger charge is 2.14. The van der Waals surface area contributed by atoms with Gasteiger partial charge in [0.05, 0.1) is 18.2 Å². The molecule has 0 saturated carbocycles. The van der Waals surface area contributed by atoms with Gasteiger partial charge in [-0.1, -0.05) is 24.3 Å². The first-order valence-corrected chi connectivity index (χ1v) is 8.29. The summed E-state index contributed by atoms with van der Waals surface area (Å²) in [4.78, 5) is 11.1. The molecule has 25 heavy (non-hydrogen) atoms. The predicted octanol–water partition coefficient (Wildman–Crippen LogP) is 4.38. The van der Waals surface area contributed by atoms with Gasteiger partial charge in [0, 0.05) is 11.9 Å². The fourth-order valence-electron chi connectivity index (χ4n) is 2.72. The van der Waals surface area contributed by atoms with E-state index >= 15 is 0 Å². The van der Waals surface area contributed by atoms with E-state index in [1.54, 1.807) is 18.2 Å². The Hall–Kier alpha value is -2.79. The van der Waals surface area contributed by atoms with Gasteiger partial charge >= 0.3 is 5.97 Å². The third-order valence-corrected chi connectivity index (χ3v) is 4.04. The van der Waals surface area contributed by atoms with Crippen LogP contribution in [0.2, 0.25) is 0 Å². The first-order chi connectivity index (χ1) is 12.1. The van der Waals surface area contributed by atoms with E-state index in [1.807, 2.05) is 44.2 Å². The average Bonchev–Trinajstić information content (AvgIpc) is 3.05. The topological polar surface area (TPSA) is 71.7 Å². The summed E-state index contributed by atoms with van der Waals surface area (Å²) in [5.41, 5.74) is 1.95. The van der Waals surface area contributed by atoms with Crippen LogP contribution in [-0.2, 0) is 6.54 Å². The van der Waals surface area contributed by atoms with Crippen molar-refractivity contribution in [2.75, 3.05) is 6.61 Å². The molecule has 0 saturated heterocycles. The fraction of sp³-hybridized carbons (Fsp3) is 0.250. The van der Waals surface area contributed by atoms with Crippen LogP contribution in [-0.4, -0.2) is 17.7 Å². The minimum atomic E-state index is -0.921. The Bertz CT molecular complexity index is 884. The number of nitrogens with one attached hydrogen (secondary N) is 1. The van der Waals surface area contributed by atoms with Crippen LogP contribution >= 0.6 is 0 Å². The number of carboxylic acid groups (broad SMARTS) is 1. The number of aromatic carboxylic acids is 1. The Labute approximate surface area is 146 Å². The summed E-state index contributed by atoms with van der Waals surface area (Å²) in [5.74, 6) is 0.639. The van der Waals surface area contributed by atoms with Crippen LogP contribution < -0.4 is 10.1 Å². The highest BCUT2D eigenvalue weighted by molar-refractivity contribution is 5.87. The molecule has 5 heteroatoms. The Kier molecular flexibility index (Phi) is 5.05. The first kappa shape index (κ1) is 17.0. The number of hydrogen-bond donors (Lipinski definition) is 2. The van der Waals surface area contributed by atoms with Gasteiger partial charge in [0.15, 0.2) is 11.3 Å². The Morgan fingerprint density at radius 2 is 2.04 bits per heavy atom. The zero-order valence-electron chi connectivity index (χ0n) is 14.3. The van der Waals surface area contributed by atoms with Crippen LogP contribution in [0.5, 0.6) is 5.75 Å². The van der Waals surface area contributed by atoms with E-state index in [2.05, 4.69) is 5.32 Å². The van der Waals surface area contributed by atoms with Crippen LogP contribution in [0.4, 0.5) is 0 Å². The maximum atomic E-state index is 11.1. The molecule has 0 fully saturated rings. The fourth-order valence-corrected chi connectivity index (χ4v) is 2.72. The zero-order valence-corrected chi connectivity index (χ0v) is 14.3. The second-order valence-corrected chi connectivity index (χ2v) is 5.86. The van der Waals surface area contributed by atoms with Gasteiger partial charge in [0.25, 0.3) is 0 Å². The van der Waals surface area contributed by atoms with Crippen molar-refractivity contribution in [3.63, 3.8) is 0 Å². The monoisotopic (exact) mass is 339 g/mol. The third kappa shape index (κ3) is 3.83. The number of para-hydroxylation sites is 1. The molecule has 3 aromatic rings. The average molecular weight is 339 g/mol. The Balaban J connectivity index is 1.74. The molecule has 0 aliphatic carbocycles. The van der Waals surface area contributed by atoms with Crippen LogP contribution in [0.3, 0.4) is 0 Å². The normalized spacial score (nSPS) is 12.2. The van der Waals surface area contributed by atoms with Crippen molar-refractivity contribution in [3.8, 4) is 5.75 Å². The van der Waals surface area contributed by atoms with Crippen molar-refractivity contribution in [2.24, 2.45) is 0 Å². The molecule has 0 aliphatic rings. The molecule has 0 amide bonds. The van der Waals surface area contributed by atoms with Crippen molar-refractivity contribution in [1.82, 2.24) is 5.32 Å². The van der Waals surface area contributed by atoms with E-state index in [0.29, 0.717) is 13.2 Å². The second kappa shape index (κ2) is 7.40. The number of benzene rings is 2. The molecule has 0 spiro atoms. The minimum Gasteiger partial charge on any atom is -0.490 e. The van der Waals surface area contributed by atoms with Crippen molar-refractivity contribution >= 4 is 16.9 Å². The number of ether oxygens (including phenoxy) is 1. The zero-order chi connectivity index (χ0) is 17.8. The number of rotatable bonds is 7. The van der Waals surface area contributed by atoms with Gasteiger partial charge in [-0.3, -0.25) is 0 Å². The van der Waals surface area contributed by atoms with Crippen LogP contribution in [0, 0.1) is 0 Å². The van der Waals surface area contributed by atoms with Gasteiger partial charge in [-0.2, -0.15) is 0 Å². The molecular formula is C20H21NO4.